The smallest absolute Gasteiger partial charge is 0.0541 e. The van der Waals surface area contributed by atoms with Gasteiger partial charge in [0, 0.05) is 20.8 Å². The summed E-state index contributed by atoms with van der Waals surface area (Å²) in [5.41, 5.74) is 13.2. The Labute approximate surface area is 265 Å². The molecule has 8 aromatic rings. The third-order valence-corrected chi connectivity index (χ3v) is 9.17. The molecule has 44 heavy (non-hydrogen) atoms. The molecule has 7 aromatic carbocycles. The van der Waals surface area contributed by atoms with Gasteiger partial charge in [0.05, 0.1) is 16.7 Å². The molecule has 0 radical (unpaired) electrons. The van der Waals surface area contributed by atoms with Gasteiger partial charge in [0.25, 0.3) is 0 Å². The molecule has 208 valence electrons. The van der Waals surface area contributed by atoms with Gasteiger partial charge in [-0.15, -0.1) is 0 Å². The molecule has 0 unspecified atom stereocenters. The van der Waals surface area contributed by atoms with Crippen LogP contribution in [-0.4, -0.2) is 4.57 Å². The molecular weight excluding hydrogens is 598 g/mol. The number of nitrogens with zero attached hydrogens (tertiary/aromatic N) is 1. The van der Waals surface area contributed by atoms with Crippen LogP contribution in [0.3, 0.4) is 0 Å². The maximum atomic E-state index is 3.74. The van der Waals surface area contributed by atoms with Crippen molar-refractivity contribution >= 4 is 37.7 Å². The van der Waals surface area contributed by atoms with E-state index in [4.69, 9.17) is 0 Å². The van der Waals surface area contributed by atoms with E-state index in [1.54, 1.807) is 0 Å². The molecule has 0 amide bonds. The summed E-state index contributed by atoms with van der Waals surface area (Å²) >= 11 is 3.74. The first-order valence-corrected chi connectivity index (χ1v) is 15.7. The van der Waals surface area contributed by atoms with Crippen LogP contribution in [0.15, 0.2) is 174 Å². The van der Waals surface area contributed by atoms with Crippen LogP contribution in [0.25, 0.3) is 72.0 Å². The zero-order valence-corrected chi connectivity index (χ0v) is 25.6. The van der Waals surface area contributed by atoms with Crippen LogP contribution >= 0.6 is 15.9 Å². The second kappa shape index (κ2) is 11.1. The highest BCUT2D eigenvalue weighted by Gasteiger charge is 2.17. The first-order valence-electron chi connectivity index (χ1n) is 14.9. The van der Waals surface area contributed by atoms with Gasteiger partial charge in [0.2, 0.25) is 0 Å². The van der Waals surface area contributed by atoms with Crippen LogP contribution in [0.2, 0.25) is 0 Å². The molecule has 1 nitrogen and oxygen atoms in total. The molecular formula is C42H28BrN. The van der Waals surface area contributed by atoms with Crippen LogP contribution in [0.4, 0.5) is 0 Å². The molecule has 0 bridgehead atoms. The first-order chi connectivity index (χ1) is 21.7. The fourth-order valence-corrected chi connectivity index (χ4v) is 6.88. The maximum Gasteiger partial charge on any atom is 0.0541 e. The Morgan fingerprint density at radius 1 is 0.341 bits per heavy atom. The van der Waals surface area contributed by atoms with E-state index in [1.165, 1.54) is 72.0 Å². The summed E-state index contributed by atoms with van der Waals surface area (Å²) in [5, 5.41) is 2.49. The minimum absolute atomic E-state index is 1.10. The highest BCUT2D eigenvalue weighted by Crippen LogP contribution is 2.40. The average Bonchev–Trinajstić information content (AvgIpc) is 3.42. The highest BCUT2D eigenvalue weighted by atomic mass is 79.9. The summed E-state index contributed by atoms with van der Waals surface area (Å²) in [4.78, 5) is 0. The molecule has 2 heteroatoms. The second-order valence-electron chi connectivity index (χ2n) is 11.1. The number of aromatic nitrogens is 1. The van der Waals surface area contributed by atoms with Gasteiger partial charge in [-0.05, 0) is 81.4 Å². The monoisotopic (exact) mass is 625 g/mol. The molecule has 1 aromatic heterocycles. The average molecular weight is 627 g/mol. The van der Waals surface area contributed by atoms with E-state index >= 15 is 0 Å². The van der Waals surface area contributed by atoms with Crippen molar-refractivity contribution in [3.05, 3.63) is 174 Å². The van der Waals surface area contributed by atoms with E-state index in [2.05, 4.69) is 190 Å². The third kappa shape index (κ3) is 4.65. The first kappa shape index (κ1) is 26.4. The van der Waals surface area contributed by atoms with E-state index in [1.807, 2.05) is 0 Å². The molecule has 1 heterocycles. The Hall–Kier alpha value is -5.18. The molecule has 0 N–H and O–H groups in total. The molecule has 0 atom stereocenters. The topological polar surface area (TPSA) is 4.93 Å². The van der Waals surface area contributed by atoms with E-state index in [0.717, 1.165) is 4.47 Å². The molecule has 0 saturated carbocycles. The van der Waals surface area contributed by atoms with Gasteiger partial charge in [-0.2, -0.15) is 0 Å². The lowest BCUT2D eigenvalue weighted by Crippen LogP contribution is -1.98. The summed E-state index contributed by atoms with van der Waals surface area (Å²) in [6.07, 6.45) is 0. The molecule has 0 aliphatic carbocycles. The van der Waals surface area contributed by atoms with Crippen molar-refractivity contribution in [3.63, 3.8) is 0 Å². The number of rotatable bonds is 5. The van der Waals surface area contributed by atoms with Crippen molar-refractivity contribution in [2.24, 2.45) is 0 Å². The molecule has 0 spiro atoms. The number of fused-ring (bicyclic) bond motifs is 3. The predicted molar refractivity (Wildman–Crippen MR) is 190 cm³/mol. The zero-order valence-electron chi connectivity index (χ0n) is 24.0. The summed E-state index contributed by atoms with van der Waals surface area (Å²) in [7, 11) is 0. The lowest BCUT2D eigenvalue weighted by molar-refractivity contribution is 1.18. The van der Waals surface area contributed by atoms with Crippen molar-refractivity contribution in [2.45, 2.75) is 0 Å². The SMILES string of the molecule is Brc1ccccc1-c1cccc(-c2ccc3c(c2)c2ccccc2n3-c2ccc(-c3ccccc3)cc2-c2ccccc2)c1. The van der Waals surface area contributed by atoms with Crippen LogP contribution in [0.5, 0.6) is 0 Å². The third-order valence-electron chi connectivity index (χ3n) is 8.48. The van der Waals surface area contributed by atoms with E-state index in [-0.39, 0.29) is 0 Å². The fourth-order valence-electron chi connectivity index (χ4n) is 6.36. The van der Waals surface area contributed by atoms with E-state index in [9.17, 15) is 0 Å². The molecule has 0 aliphatic rings. The summed E-state index contributed by atoms with van der Waals surface area (Å²) in [6, 6.07) is 61.1. The maximum absolute atomic E-state index is 3.74. The Bertz CT molecular complexity index is 2280. The normalized spacial score (nSPS) is 11.3. The zero-order chi connectivity index (χ0) is 29.5. The second-order valence-corrected chi connectivity index (χ2v) is 12.0. The van der Waals surface area contributed by atoms with Gasteiger partial charge in [-0.25, -0.2) is 0 Å². The van der Waals surface area contributed by atoms with Gasteiger partial charge in [-0.3, -0.25) is 0 Å². The van der Waals surface area contributed by atoms with Gasteiger partial charge < -0.3 is 4.57 Å². The quantitative estimate of drug-likeness (QED) is 0.179. The Morgan fingerprint density at radius 3 is 1.75 bits per heavy atom. The molecule has 0 aliphatic heterocycles. The van der Waals surface area contributed by atoms with Crippen molar-refractivity contribution < 1.29 is 0 Å². The minimum atomic E-state index is 1.10. The van der Waals surface area contributed by atoms with Crippen molar-refractivity contribution in [2.75, 3.05) is 0 Å². The summed E-state index contributed by atoms with van der Waals surface area (Å²) in [5.74, 6) is 0. The van der Waals surface area contributed by atoms with Gasteiger partial charge in [-0.1, -0.05) is 143 Å². The summed E-state index contributed by atoms with van der Waals surface area (Å²) < 4.78 is 3.53. The highest BCUT2D eigenvalue weighted by molar-refractivity contribution is 9.10. The molecule has 0 saturated heterocycles. The van der Waals surface area contributed by atoms with Crippen LogP contribution < -0.4 is 0 Å². The molecule has 8 rings (SSSR count). The van der Waals surface area contributed by atoms with Crippen LogP contribution in [-0.2, 0) is 0 Å². The number of benzene rings is 7. The Balaban J connectivity index is 1.33. The lowest BCUT2D eigenvalue weighted by atomic mass is 9.97. The van der Waals surface area contributed by atoms with E-state index < -0.39 is 0 Å². The standard InChI is InChI=1S/C42H28BrN/c43-39-20-9-7-18-35(39)34-17-11-16-31(26-34)33-23-25-42-38(28-33)36-19-8-10-21-40(36)44(42)41-24-22-32(29-12-3-1-4-13-29)27-37(41)30-14-5-2-6-15-30/h1-28H. The predicted octanol–water partition coefficient (Wildman–Crippen LogP) is 12.2. The van der Waals surface area contributed by atoms with Crippen molar-refractivity contribution in [1.29, 1.82) is 0 Å². The van der Waals surface area contributed by atoms with Gasteiger partial charge in [0.15, 0.2) is 0 Å². The van der Waals surface area contributed by atoms with Crippen LogP contribution in [0, 0.1) is 0 Å². The Kier molecular flexibility index (Phi) is 6.70. The minimum Gasteiger partial charge on any atom is -0.309 e. The number of para-hydroxylation sites is 1. The lowest BCUT2D eigenvalue weighted by Gasteiger charge is -2.16. The van der Waals surface area contributed by atoms with Crippen molar-refractivity contribution in [3.8, 4) is 50.2 Å². The van der Waals surface area contributed by atoms with E-state index in [0.29, 0.717) is 0 Å². The largest absolute Gasteiger partial charge is 0.309 e. The van der Waals surface area contributed by atoms with Gasteiger partial charge in [0.1, 0.15) is 0 Å². The number of hydrogen-bond donors (Lipinski definition) is 0. The number of hydrogen-bond acceptors (Lipinski definition) is 0. The van der Waals surface area contributed by atoms with Gasteiger partial charge >= 0.3 is 0 Å². The van der Waals surface area contributed by atoms with Crippen LogP contribution in [0.1, 0.15) is 0 Å². The Morgan fingerprint density at radius 2 is 0.932 bits per heavy atom. The summed E-state index contributed by atoms with van der Waals surface area (Å²) in [6.45, 7) is 0. The van der Waals surface area contributed by atoms with Crippen molar-refractivity contribution in [1.82, 2.24) is 4.57 Å². The fraction of sp³-hybridized carbons (Fsp3) is 0. The molecule has 0 fully saturated rings. The number of halogens is 1.